The zero-order valence-electron chi connectivity index (χ0n) is 28.1. The number of aliphatic hydroxyl groups is 1. The maximum Gasteiger partial charge on any atom is 0.343 e. The Hall–Kier alpha value is -4.40. The summed E-state index contributed by atoms with van der Waals surface area (Å²) in [6, 6.07) is 17.0. The van der Waals surface area contributed by atoms with Gasteiger partial charge in [-0.15, -0.1) is 0 Å². The maximum atomic E-state index is 14.0. The summed E-state index contributed by atoms with van der Waals surface area (Å²) in [5.41, 5.74) is 3.99. The third-order valence-electron chi connectivity index (χ3n) is 8.53. The van der Waals surface area contributed by atoms with Crippen molar-refractivity contribution in [2.24, 2.45) is 4.99 Å². The van der Waals surface area contributed by atoms with Crippen LogP contribution in [-0.2, 0) is 25.6 Å². The van der Waals surface area contributed by atoms with E-state index in [0.717, 1.165) is 31.2 Å². The van der Waals surface area contributed by atoms with E-state index in [1.54, 1.807) is 58.2 Å². The molecule has 10 heteroatoms. The van der Waals surface area contributed by atoms with Gasteiger partial charge in [0, 0.05) is 36.1 Å². The Bertz CT molecular complexity index is 1840. The second kappa shape index (κ2) is 15.9. The number of hydrogen-bond acceptors (Lipinski definition) is 8. The molecule has 256 valence electrons. The van der Waals surface area contributed by atoms with Crippen molar-refractivity contribution < 1.29 is 29.0 Å². The molecule has 2 fully saturated rings. The van der Waals surface area contributed by atoms with Gasteiger partial charge in [0.1, 0.15) is 16.9 Å². The minimum absolute atomic E-state index is 0.0700. The molecule has 8 nitrogen and oxygen atoms in total. The molecule has 3 aromatic carbocycles. The minimum atomic E-state index is -0.709. The molecule has 3 aromatic rings. The van der Waals surface area contributed by atoms with Gasteiger partial charge in [-0.25, -0.2) is 9.59 Å². The third kappa shape index (κ3) is 8.43. The predicted octanol–water partition coefficient (Wildman–Crippen LogP) is 8.64. The van der Waals surface area contributed by atoms with Crippen LogP contribution in [-0.4, -0.2) is 59.2 Å². The van der Waals surface area contributed by atoms with Crippen molar-refractivity contribution in [3.05, 3.63) is 110 Å². The third-order valence-corrected chi connectivity index (χ3v) is 9.51. The fourth-order valence-corrected chi connectivity index (χ4v) is 5.99. The van der Waals surface area contributed by atoms with Crippen molar-refractivity contribution in [1.29, 1.82) is 0 Å². The van der Waals surface area contributed by atoms with E-state index in [-0.39, 0.29) is 63.4 Å². The molecule has 2 aliphatic carbocycles. The lowest BCUT2D eigenvalue weighted by Crippen LogP contribution is -2.25. The Morgan fingerprint density at radius 2 is 1.41 bits per heavy atom. The molecule has 1 N–H and O–H groups in total. The first-order valence-electron chi connectivity index (χ1n) is 16.5. The number of halogens is 2. The van der Waals surface area contributed by atoms with Gasteiger partial charge >= 0.3 is 11.9 Å². The van der Waals surface area contributed by atoms with Crippen molar-refractivity contribution in [3.8, 4) is 11.1 Å². The normalized spacial score (nSPS) is 15.2. The average Bonchev–Trinajstić information content (AvgIpc) is 4.02. The Morgan fingerprint density at radius 1 is 0.837 bits per heavy atom. The van der Waals surface area contributed by atoms with Crippen LogP contribution in [0.3, 0.4) is 0 Å². The van der Waals surface area contributed by atoms with E-state index in [9.17, 15) is 19.5 Å². The number of rotatable bonds is 14. The molecule has 0 amide bonds. The van der Waals surface area contributed by atoms with Gasteiger partial charge in [-0.05, 0) is 93.3 Å². The van der Waals surface area contributed by atoms with Gasteiger partial charge in [0.05, 0.1) is 29.3 Å². The fourth-order valence-electron chi connectivity index (χ4n) is 5.48. The number of hydrogen-bond donors (Lipinski definition) is 1. The summed E-state index contributed by atoms with van der Waals surface area (Å²) < 4.78 is 10.5. The van der Waals surface area contributed by atoms with Gasteiger partial charge in [0.15, 0.2) is 0 Å². The van der Waals surface area contributed by atoms with E-state index in [1.165, 1.54) is 6.21 Å². The first-order chi connectivity index (χ1) is 23.5. The maximum absolute atomic E-state index is 14.0. The summed E-state index contributed by atoms with van der Waals surface area (Å²) in [4.78, 5) is 46.3. The number of aliphatic imine (C=N–C) groups is 1. The van der Waals surface area contributed by atoms with Crippen LogP contribution in [0.2, 0.25) is 10.0 Å². The summed E-state index contributed by atoms with van der Waals surface area (Å²) in [5, 5.41) is 11.6. The topological polar surface area (TPSA) is 106 Å². The molecule has 0 aliphatic heterocycles. The van der Waals surface area contributed by atoms with Gasteiger partial charge < -0.3 is 19.5 Å². The second-order valence-corrected chi connectivity index (χ2v) is 12.9. The van der Waals surface area contributed by atoms with Crippen molar-refractivity contribution in [1.82, 2.24) is 4.90 Å². The molecule has 0 spiro atoms. The first-order valence-corrected chi connectivity index (χ1v) is 17.3. The van der Waals surface area contributed by atoms with Crippen LogP contribution in [0.4, 0.5) is 0 Å². The molecule has 5 rings (SSSR count). The van der Waals surface area contributed by atoms with Gasteiger partial charge in [0.25, 0.3) is 0 Å². The van der Waals surface area contributed by atoms with Crippen molar-refractivity contribution in [2.45, 2.75) is 72.0 Å². The van der Waals surface area contributed by atoms with Crippen molar-refractivity contribution >= 4 is 52.9 Å². The SMILES string of the molecule is CCOC(=O)C(C=NC1CC1)=C(O)c1ccc(-c2ccc(C(=O)/C(=C/N(Cc3ccccc3)C3CC3)C(=O)OCC)c(Cl)c2C)c(C)c1Cl. The summed E-state index contributed by atoms with van der Waals surface area (Å²) in [5.74, 6) is -2.26. The van der Waals surface area contributed by atoms with Gasteiger partial charge in [-0.3, -0.25) is 9.79 Å². The van der Waals surface area contributed by atoms with E-state index < -0.39 is 17.7 Å². The number of carbonyl (C=O) groups excluding carboxylic acids is 3. The fraction of sp³-hybridized carbons (Fsp3) is 0.333. The van der Waals surface area contributed by atoms with Gasteiger partial charge in [-0.2, -0.15) is 0 Å². The highest BCUT2D eigenvalue weighted by Crippen LogP contribution is 2.39. The van der Waals surface area contributed by atoms with E-state index in [2.05, 4.69) is 4.99 Å². The van der Waals surface area contributed by atoms with E-state index in [0.29, 0.717) is 28.8 Å². The number of nitrogens with zero attached hydrogens (tertiary/aromatic N) is 2. The van der Waals surface area contributed by atoms with Crippen LogP contribution < -0.4 is 0 Å². The molecule has 0 saturated heterocycles. The molecule has 2 saturated carbocycles. The Morgan fingerprint density at radius 3 is 1.98 bits per heavy atom. The van der Waals surface area contributed by atoms with Crippen molar-refractivity contribution in [3.63, 3.8) is 0 Å². The van der Waals surface area contributed by atoms with Crippen LogP contribution in [0.15, 0.2) is 76.9 Å². The second-order valence-electron chi connectivity index (χ2n) is 12.2. The highest BCUT2D eigenvalue weighted by Gasteiger charge is 2.32. The van der Waals surface area contributed by atoms with Gasteiger partial charge in [0.2, 0.25) is 5.78 Å². The number of Topliss-reactive ketones (excluding diaryl/α,β-unsaturated/α-hetero) is 1. The summed E-state index contributed by atoms with van der Waals surface area (Å²) >= 11 is 13.7. The minimum Gasteiger partial charge on any atom is -0.506 e. The molecule has 0 atom stereocenters. The number of carbonyl (C=O) groups is 3. The van der Waals surface area contributed by atoms with Crippen LogP contribution in [0.1, 0.15) is 72.1 Å². The summed E-state index contributed by atoms with van der Waals surface area (Å²) in [6.45, 7) is 7.77. The van der Waals surface area contributed by atoms with E-state index >= 15 is 0 Å². The zero-order valence-corrected chi connectivity index (χ0v) is 29.6. The molecule has 49 heavy (non-hydrogen) atoms. The standard InChI is InChI=1S/C39H40Cl2N2O6/c1-5-48-38(46)32(20-42-26-12-13-26)36(44)30-18-16-28(23(3)34(30)40)29-17-19-31(35(41)24(29)4)37(45)33(39(47)49-6-2)22-43(27-14-15-27)21-25-10-8-7-9-11-25/h7-11,16-20,22,26-27,44H,5-6,12-15,21H2,1-4H3/b33-22-,36-32?,42-20?. The van der Waals surface area contributed by atoms with Crippen LogP contribution in [0.5, 0.6) is 0 Å². The molecule has 2 aliphatic rings. The molecule has 0 unspecified atom stereocenters. The highest BCUT2D eigenvalue weighted by molar-refractivity contribution is 6.38. The molecular formula is C39H40Cl2N2O6. The lowest BCUT2D eigenvalue weighted by atomic mass is 9.91. The van der Waals surface area contributed by atoms with Crippen LogP contribution >= 0.6 is 23.2 Å². The first kappa shape index (κ1) is 35.9. The van der Waals surface area contributed by atoms with E-state index in [1.807, 2.05) is 35.2 Å². The number of benzene rings is 3. The predicted molar refractivity (Wildman–Crippen MR) is 193 cm³/mol. The van der Waals surface area contributed by atoms with Crippen LogP contribution in [0, 0.1) is 13.8 Å². The lowest BCUT2D eigenvalue weighted by Gasteiger charge is -2.22. The Labute approximate surface area is 297 Å². The molecule has 0 aromatic heterocycles. The van der Waals surface area contributed by atoms with E-state index in [4.69, 9.17) is 32.7 Å². The number of ether oxygens (including phenoxy) is 2. The quantitative estimate of drug-likeness (QED) is 0.0341. The Kier molecular flexibility index (Phi) is 11.6. The number of aliphatic hydroxyl groups excluding tert-OH is 1. The highest BCUT2D eigenvalue weighted by atomic mass is 35.5. The van der Waals surface area contributed by atoms with Gasteiger partial charge in [-0.1, -0.05) is 65.7 Å². The molecule has 0 heterocycles. The summed E-state index contributed by atoms with van der Waals surface area (Å²) in [6.07, 6.45) is 6.77. The molecule has 0 radical (unpaired) electrons. The number of esters is 2. The monoisotopic (exact) mass is 702 g/mol. The average molecular weight is 704 g/mol. The number of ketones is 1. The zero-order chi connectivity index (χ0) is 35.2. The Balaban J connectivity index is 1.49. The lowest BCUT2D eigenvalue weighted by molar-refractivity contribution is -0.138. The smallest absolute Gasteiger partial charge is 0.343 e. The molecule has 0 bridgehead atoms. The van der Waals surface area contributed by atoms with Crippen molar-refractivity contribution in [2.75, 3.05) is 13.2 Å². The van der Waals surface area contributed by atoms with Crippen LogP contribution in [0.25, 0.3) is 16.9 Å². The summed E-state index contributed by atoms with van der Waals surface area (Å²) in [7, 11) is 0. The molecular weight excluding hydrogens is 663 g/mol. The largest absolute Gasteiger partial charge is 0.506 e.